The van der Waals surface area contributed by atoms with Gasteiger partial charge in [0.15, 0.2) is 11.6 Å². The van der Waals surface area contributed by atoms with Crippen molar-refractivity contribution < 1.29 is 13.9 Å². The molecule has 0 aromatic heterocycles. The molecule has 0 fully saturated rings. The normalized spacial score (nSPS) is 11.0. The summed E-state index contributed by atoms with van der Waals surface area (Å²) >= 11 is 0. The van der Waals surface area contributed by atoms with Crippen LogP contribution in [0.1, 0.15) is 5.56 Å². The average Bonchev–Trinajstić information content (AvgIpc) is 2.09. The molecule has 70 valence electrons. The van der Waals surface area contributed by atoms with Gasteiger partial charge in [-0.15, -0.1) is 0 Å². The first kappa shape index (κ1) is 9.67. The van der Waals surface area contributed by atoms with E-state index in [1.807, 2.05) is 0 Å². The average molecular weight is 185 g/mol. The second kappa shape index (κ2) is 4.00. The molecule has 0 saturated carbocycles. The van der Waals surface area contributed by atoms with Crippen LogP contribution in [0.25, 0.3) is 6.08 Å². The summed E-state index contributed by atoms with van der Waals surface area (Å²) in [5.74, 6) is -1.93. The Morgan fingerprint density at radius 2 is 1.92 bits per heavy atom. The van der Waals surface area contributed by atoms with Crippen molar-refractivity contribution in [2.45, 2.75) is 0 Å². The highest BCUT2D eigenvalue weighted by molar-refractivity contribution is 5.64. The molecule has 0 aliphatic heterocycles. The maximum atomic E-state index is 12.7. The lowest BCUT2D eigenvalue weighted by Gasteiger charge is -2.00. The van der Waals surface area contributed by atoms with Gasteiger partial charge in [-0.25, -0.2) is 8.78 Å². The van der Waals surface area contributed by atoms with Crippen LogP contribution in [-0.2, 0) is 0 Å². The molecule has 0 saturated heterocycles. The summed E-state index contributed by atoms with van der Waals surface area (Å²) < 4.78 is 25.2. The zero-order chi connectivity index (χ0) is 9.84. The first-order chi connectivity index (χ1) is 6.15. The maximum Gasteiger partial charge on any atom is 0.160 e. The van der Waals surface area contributed by atoms with E-state index in [0.717, 1.165) is 12.1 Å². The van der Waals surface area contributed by atoms with Crippen LogP contribution in [0.5, 0.6) is 0 Å². The van der Waals surface area contributed by atoms with Crippen LogP contribution in [0, 0.1) is 11.6 Å². The number of anilines is 1. The van der Waals surface area contributed by atoms with Crippen molar-refractivity contribution in [3.05, 3.63) is 35.4 Å². The van der Waals surface area contributed by atoms with E-state index < -0.39 is 11.6 Å². The second-order valence-electron chi connectivity index (χ2n) is 2.48. The standard InChI is InChI=1S/C9H9F2NO/c10-7-4-6(2-1-3-13)9(12)5-8(7)11/h1-2,4-5,13H,3,12H2. The SMILES string of the molecule is Nc1cc(F)c(F)cc1C=CCO. The third kappa shape index (κ3) is 2.26. The first-order valence-electron chi connectivity index (χ1n) is 3.67. The Kier molecular flexibility index (Phi) is 2.97. The van der Waals surface area contributed by atoms with E-state index in [9.17, 15) is 8.78 Å². The quantitative estimate of drug-likeness (QED) is 0.686. The van der Waals surface area contributed by atoms with E-state index in [1.54, 1.807) is 0 Å². The van der Waals surface area contributed by atoms with Gasteiger partial charge >= 0.3 is 0 Å². The molecule has 1 rings (SSSR count). The van der Waals surface area contributed by atoms with Crippen molar-refractivity contribution in [1.29, 1.82) is 0 Å². The van der Waals surface area contributed by atoms with E-state index >= 15 is 0 Å². The van der Waals surface area contributed by atoms with Crippen molar-refractivity contribution in [1.82, 2.24) is 0 Å². The van der Waals surface area contributed by atoms with Crippen molar-refractivity contribution in [3.8, 4) is 0 Å². The van der Waals surface area contributed by atoms with Gasteiger partial charge in [-0.1, -0.05) is 12.2 Å². The molecule has 1 aromatic rings. The molecule has 1 aromatic carbocycles. The number of hydrogen-bond acceptors (Lipinski definition) is 2. The van der Waals surface area contributed by atoms with Gasteiger partial charge in [-0.2, -0.15) is 0 Å². The summed E-state index contributed by atoms with van der Waals surface area (Å²) in [7, 11) is 0. The largest absolute Gasteiger partial charge is 0.398 e. The fourth-order valence-corrected chi connectivity index (χ4v) is 0.902. The number of hydrogen-bond donors (Lipinski definition) is 2. The Labute approximate surface area is 74.3 Å². The smallest absolute Gasteiger partial charge is 0.160 e. The van der Waals surface area contributed by atoms with Crippen LogP contribution in [0.3, 0.4) is 0 Å². The van der Waals surface area contributed by atoms with Gasteiger partial charge in [0.1, 0.15) is 0 Å². The minimum absolute atomic E-state index is 0.142. The van der Waals surface area contributed by atoms with Gasteiger partial charge < -0.3 is 10.8 Å². The molecule has 0 amide bonds. The second-order valence-corrected chi connectivity index (χ2v) is 2.48. The lowest BCUT2D eigenvalue weighted by molar-refractivity contribution is 0.343. The van der Waals surface area contributed by atoms with E-state index in [2.05, 4.69) is 0 Å². The molecule has 2 nitrogen and oxygen atoms in total. The highest BCUT2D eigenvalue weighted by Gasteiger charge is 2.04. The van der Waals surface area contributed by atoms with Crippen molar-refractivity contribution in [3.63, 3.8) is 0 Å². The molecular formula is C9H9F2NO. The molecule has 0 spiro atoms. The number of benzene rings is 1. The molecule has 4 heteroatoms. The molecule has 0 heterocycles. The van der Waals surface area contributed by atoms with Gasteiger partial charge in [0.25, 0.3) is 0 Å². The summed E-state index contributed by atoms with van der Waals surface area (Å²) in [5.41, 5.74) is 5.89. The Balaban J connectivity index is 3.08. The summed E-state index contributed by atoms with van der Waals surface area (Å²) in [5, 5.41) is 8.45. The molecule has 0 aliphatic carbocycles. The fourth-order valence-electron chi connectivity index (χ4n) is 0.902. The third-order valence-electron chi connectivity index (χ3n) is 1.53. The summed E-state index contributed by atoms with van der Waals surface area (Å²) in [6.07, 6.45) is 2.82. The van der Waals surface area contributed by atoms with E-state index in [4.69, 9.17) is 10.8 Å². The molecule has 0 bridgehead atoms. The zero-order valence-corrected chi connectivity index (χ0v) is 6.80. The highest BCUT2D eigenvalue weighted by atomic mass is 19.2. The summed E-state index contributed by atoms with van der Waals surface area (Å²) in [4.78, 5) is 0. The number of halogens is 2. The molecule has 13 heavy (non-hydrogen) atoms. The number of aliphatic hydroxyl groups excluding tert-OH is 1. The van der Waals surface area contributed by atoms with Crippen LogP contribution >= 0.6 is 0 Å². The van der Waals surface area contributed by atoms with Crippen molar-refractivity contribution in [2.75, 3.05) is 12.3 Å². The number of nitrogen functional groups attached to an aromatic ring is 1. The van der Waals surface area contributed by atoms with Crippen LogP contribution in [0.15, 0.2) is 18.2 Å². The lowest BCUT2D eigenvalue weighted by atomic mass is 10.1. The molecule has 0 radical (unpaired) electrons. The lowest BCUT2D eigenvalue weighted by Crippen LogP contribution is -1.94. The topological polar surface area (TPSA) is 46.2 Å². The minimum Gasteiger partial charge on any atom is -0.398 e. The molecule has 3 N–H and O–H groups in total. The van der Waals surface area contributed by atoms with Crippen molar-refractivity contribution in [2.24, 2.45) is 0 Å². The van der Waals surface area contributed by atoms with E-state index in [1.165, 1.54) is 12.2 Å². The van der Waals surface area contributed by atoms with E-state index in [0.29, 0.717) is 5.56 Å². The van der Waals surface area contributed by atoms with E-state index in [-0.39, 0.29) is 12.3 Å². The summed E-state index contributed by atoms with van der Waals surface area (Å²) in [6.45, 7) is -0.168. The van der Waals surface area contributed by atoms with Gasteiger partial charge in [0.05, 0.1) is 6.61 Å². The number of rotatable bonds is 2. The molecule has 0 unspecified atom stereocenters. The van der Waals surface area contributed by atoms with Crippen LogP contribution in [0.4, 0.5) is 14.5 Å². The van der Waals surface area contributed by atoms with Gasteiger partial charge in [0, 0.05) is 17.3 Å². The van der Waals surface area contributed by atoms with Gasteiger partial charge in [-0.05, 0) is 6.07 Å². The van der Waals surface area contributed by atoms with Crippen molar-refractivity contribution >= 4 is 11.8 Å². The maximum absolute atomic E-state index is 12.7. The van der Waals surface area contributed by atoms with Gasteiger partial charge in [-0.3, -0.25) is 0 Å². The molecule has 0 atom stereocenters. The Morgan fingerprint density at radius 1 is 1.31 bits per heavy atom. The fraction of sp³-hybridized carbons (Fsp3) is 0.111. The Bertz CT molecular complexity index is 337. The number of aliphatic hydroxyl groups is 1. The number of nitrogens with two attached hydrogens (primary N) is 1. The zero-order valence-electron chi connectivity index (χ0n) is 6.80. The first-order valence-corrected chi connectivity index (χ1v) is 3.67. The minimum atomic E-state index is -0.973. The predicted molar refractivity (Wildman–Crippen MR) is 46.9 cm³/mol. The molecule has 0 aliphatic rings. The monoisotopic (exact) mass is 185 g/mol. The Morgan fingerprint density at radius 3 is 2.54 bits per heavy atom. The predicted octanol–water partition coefficient (Wildman–Crippen LogP) is 1.55. The van der Waals surface area contributed by atoms with Crippen LogP contribution in [-0.4, -0.2) is 11.7 Å². The highest BCUT2D eigenvalue weighted by Crippen LogP contribution is 2.17. The Hall–Kier alpha value is -1.42. The van der Waals surface area contributed by atoms with Gasteiger partial charge in [0.2, 0.25) is 0 Å². The van der Waals surface area contributed by atoms with Crippen LogP contribution in [0.2, 0.25) is 0 Å². The third-order valence-corrected chi connectivity index (χ3v) is 1.53. The summed E-state index contributed by atoms with van der Waals surface area (Å²) in [6, 6.07) is 1.89. The van der Waals surface area contributed by atoms with Crippen LogP contribution < -0.4 is 5.73 Å². The molecular weight excluding hydrogens is 176 g/mol.